The van der Waals surface area contributed by atoms with Crippen LogP contribution in [0.25, 0.3) is 6.08 Å². The SMILES string of the molecule is CC(C)=Cc1ccc(COCc2ccc(C(=O)NS(=O)(=O)c3ccc(Cl)cc3Br)cc2)cc1. The Hall–Kier alpha value is -2.45. The largest absolute Gasteiger partial charge is 0.372 e. The van der Waals surface area contributed by atoms with Crippen LogP contribution in [-0.2, 0) is 28.0 Å². The Balaban J connectivity index is 1.56. The fourth-order valence-electron chi connectivity index (χ4n) is 3.01. The Bertz CT molecular complexity index is 1270. The highest BCUT2D eigenvalue weighted by Gasteiger charge is 2.21. The average molecular weight is 549 g/mol. The van der Waals surface area contributed by atoms with Gasteiger partial charge in [-0.3, -0.25) is 4.79 Å². The summed E-state index contributed by atoms with van der Waals surface area (Å²) < 4.78 is 33.2. The zero-order chi connectivity index (χ0) is 24.0. The van der Waals surface area contributed by atoms with Gasteiger partial charge in [0.1, 0.15) is 4.90 Å². The number of amides is 1. The fourth-order valence-corrected chi connectivity index (χ4v) is 5.37. The molecular weight excluding hydrogens is 526 g/mol. The van der Waals surface area contributed by atoms with Gasteiger partial charge in [0.25, 0.3) is 15.9 Å². The highest BCUT2D eigenvalue weighted by molar-refractivity contribution is 9.10. The number of hydrogen-bond acceptors (Lipinski definition) is 4. The molecule has 1 N–H and O–H groups in total. The first-order valence-corrected chi connectivity index (χ1v) is 12.7. The third-order valence-corrected chi connectivity index (χ3v) is 7.14. The quantitative estimate of drug-likeness (QED) is 0.355. The van der Waals surface area contributed by atoms with E-state index in [1.807, 2.05) is 12.1 Å². The molecule has 0 aliphatic heterocycles. The van der Waals surface area contributed by atoms with Crippen molar-refractivity contribution in [3.8, 4) is 0 Å². The lowest BCUT2D eigenvalue weighted by atomic mass is 10.1. The van der Waals surface area contributed by atoms with Crippen LogP contribution < -0.4 is 4.72 Å². The molecular formula is C25H23BrClNO4S. The second-order valence-corrected chi connectivity index (χ2v) is 10.6. The van der Waals surface area contributed by atoms with Gasteiger partial charge in [-0.05, 0) is 76.8 Å². The first kappa shape index (κ1) is 25.2. The number of nitrogens with one attached hydrogen (secondary N) is 1. The van der Waals surface area contributed by atoms with E-state index in [0.29, 0.717) is 18.2 Å². The third kappa shape index (κ3) is 7.27. The molecule has 0 radical (unpaired) electrons. The minimum atomic E-state index is -4.05. The Morgan fingerprint density at radius 1 is 0.970 bits per heavy atom. The van der Waals surface area contributed by atoms with E-state index < -0.39 is 15.9 Å². The molecule has 1 amide bonds. The molecule has 0 bridgehead atoms. The zero-order valence-electron chi connectivity index (χ0n) is 18.1. The van der Waals surface area contributed by atoms with Gasteiger partial charge in [0, 0.05) is 15.1 Å². The zero-order valence-corrected chi connectivity index (χ0v) is 21.3. The topological polar surface area (TPSA) is 72.5 Å². The standard InChI is InChI=1S/C25H23BrClNO4S/c1-17(2)13-18-3-5-19(6-4-18)15-32-16-20-7-9-21(10-8-20)25(29)28-33(30,31)24-12-11-22(27)14-23(24)26/h3-14H,15-16H2,1-2H3,(H,28,29). The number of sulfonamides is 1. The second kappa shape index (κ2) is 11.1. The maximum Gasteiger partial charge on any atom is 0.265 e. The van der Waals surface area contributed by atoms with Crippen LogP contribution in [0.15, 0.2) is 81.7 Å². The van der Waals surface area contributed by atoms with Crippen LogP contribution in [0.4, 0.5) is 0 Å². The molecule has 0 spiro atoms. The molecule has 33 heavy (non-hydrogen) atoms. The summed E-state index contributed by atoms with van der Waals surface area (Å²) in [6.45, 7) is 4.95. The van der Waals surface area contributed by atoms with Crippen LogP contribution in [0.2, 0.25) is 5.02 Å². The summed E-state index contributed by atoms with van der Waals surface area (Å²) in [4.78, 5) is 12.4. The molecule has 172 valence electrons. The Kier molecular flexibility index (Phi) is 8.48. The predicted octanol–water partition coefficient (Wildman–Crippen LogP) is 6.36. The molecule has 0 saturated carbocycles. The summed E-state index contributed by atoms with van der Waals surface area (Å²) in [6.07, 6.45) is 2.11. The molecule has 0 unspecified atom stereocenters. The van der Waals surface area contributed by atoms with E-state index in [1.165, 1.54) is 23.8 Å². The van der Waals surface area contributed by atoms with Gasteiger partial charge >= 0.3 is 0 Å². The lowest BCUT2D eigenvalue weighted by molar-refractivity contribution is 0.0980. The minimum absolute atomic E-state index is 0.0702. The monoisotopic (exact) mass is 547 g/mol. The Morgan fingerprint density at radius 2 is 1.55 bits per heavy atom. The van der Waals surface area contributed by atoms with E-state index in [2.05, 4.69) is 52.7 Å². The summed E-state index contributed by atoms with van der Waals surface area (Å²) >= 11 is 9.01. The van der Waals surface area contributed by atoms with Crippen molar-refractivity contribution >= 4 is 49.5 Å². The van der Waals surface area contributed by atoms with Gasteiger partial charge in [-0.15, -0.1) is 0 Å². The normalized spacial score (nSPS) is 11.2. The van der Waals surface area contributed by atoms with Crippen molar-refractivity contribution in [3.63, 3.8) is 0 Å². The van der Waals surface area contributed by atoms with E-state index in [9.17, 15) is 13.2 Å². The molecule has 0 fully saturated rings. The smallest absolute Gasteiger partial charge is 0.265 e. The Labute approximate surface area is 207 Å². The van der Waals surface area contributed by atoms with Crippen LogP contribution in [-0.4, -0.2) is 14.3 Å². The van der Waals surface area contributed by atoms with Crippen molar-refractivity contribution in [1.29, 1.82) is 0 Å². The summed E-state index contributed by atoms with van der Waals surface area (Å²) in [7, 11) is -4.05. The second-order valence-electron chi connectivity index (χ2n) is 7.66. The predicted molar refractivity (Wildman–Crippen MR) is 135 cm³/mol. The van der Waals surface area contributed by atoms with Crippen LogP contribution in [0.1, 0.15) is 40.9 Å². The lowest BCUT2D eigenvalue weighted by Crippen LogP contribution is -2.30. The molecule has 0 saturated heterocycles. The van der Waals surface area contributed by atoms with Gasteiger partial charge in [0.2, 0.25) is 0 Å². The summed E-state index contributed by atoms with van der Waals surface area (Å²) in [5.74, 6) is -0.722. The van der Waals surface area contributed by atoms with Crippen LogP contribution >= 0.6 is 27.5 Å². The van der Waals surface area contributed by atoms with E-state index >= 15 is 0 Å². The number of rotatable bonds is 8. The number of benzene rings is 3. The molecule has 3 rings (SSSR count). The van der Waals surface area contributed by atoms with E-state index in [4.69, 9.17) is 16.3 Å². The molecule has 3 aromatic rings. The number of ether oxygens (including phenoxy) is 1. The number of allylic oxidation sites excluding steroid dienone is 1. The average Bonchev–Trinajstić information content (AvgIpc) is 2.74. The molecule has 0 aliphatic rings. The van der Waals surface area contributed by atoms with Crippen molar-refractivity contribution in [2.24, 2.45) is 0 Å². The first-order valence-electron chi connectivity index (χ1n) is 10.1. The highest BCUT2D eigenvalue weighted by atomic mass is 79.9. The van der Waals surface area contributed by atoms with Gasteiger partial charge in [0.15, 0.2) is 0 Å². The van der Waals surface area contributed by atoms with Gasteiger partial charge in [0.05, 0.1) is 13.2 Å². The van der Waals surface area contributed by atoms with Gasteiger partial charge in [-0.25, -0.2) is 13.1 Å². The maximum absolute atomic E-state index is 12.5. The van der Waals surface area contributed by atoms with Gasteiger partial charge in [-0.1, -0.05) is 59.6 Å². The molecule has 0 atom stereocenters. The van der Waals surface area contributed by atoms with Crippen LogP contribution in [0.3, 0.4) is 0 Å². The molecule has 8 heteroatoms. The van der Waals surface area contributed by atoms with E-state index in [0.717, 1.165) is 16.7 Å². The van der Waals surface area contributed by atoms with E-state index in [1.54, 1.807) is 24.3 Å². The summed E-state index contributed by atoms with van der Waals surface area (Å²) in [5, 5.41) is 0.380. The van der Waals surface area contributed by atoms with Crippen molar-refractivity contribution < 1.29 is 17.9 Å². The Morgan fingerprint density at radius 3 is 2.09 bits per heavy atom. The fraction of sp³-hybridized carbons (Fsp3) is 0.160. The number of carbonyl (C=O) groups is 1. The summed E-state index contributed by atoms with van der Waals surface area (Å²) in [6, 6.07) is 19.0. The van der Waals surface area contributed by atoms with Crippen molar-refractivity contribution in [2.75, 3.05) is 0 Å². The molecule has 0 heterocycles. The molecule has 3 aromatic carbocycles. The van der Waals surface area contributed by atoms with Crippen molar-refractivity contribution in [1.82, 2.24) is 4.72 Å². The number of halogens is 2. The van der Waals surface area contributed by atoms with Crippen LogP contribution in [0, 0.1) is 0 Å². The lowest BCUT2D eigenvalue weighted by Gasteiger charge is -2.10. The summed E-state index contributed by atoms with van der Waals surface area (Å²) in [5.41, 5.74) is 4.55. The molecule has 5 nitrogen and oxygen atoms in total. The van der Waals surface area contributed by atoms with Gasteiger partial charge in [-0.2, -0.15) is 0 Å². The maximum atomic E-state index is 12.5. The molecule has 0 aromatic heterocycles. The van der Waals surface area contributed by atoms with Crippen molar-refractivity contribution in [3.05, 3.63) is 104 Å². The number of carbonyl (C=O) groups excluding carboxylic acids is 1. The third-order valence-electron chi connectivity index (χ3n) is 4.60. The van der Waals surface area contributed by atoms with Crippen molar-refractivity contribution in [2.45, 2.75) is 32.0 Å². The number of hydrogen-bond donors (Lipinski definition) is 1. The van der Waals surface area contributed by atoms with E-state index in [-0.39, 0.29) is 14.9 Å². The molecule has 0 aliphatic carbocycles. The highest BCUT2D eigenvalue weighted by Crippen LogP contribution is 2.25. The van der Waals surface area contributed by atoms with Gasteiger partial charge < -0.3 is 4.74 Å². The first-order chi connectivity index (χ1) is 15.6. The minimum Gasteiger partial charge on any atom is -0.372 e. The van der Waals surface area contributed by atoms with Crippen LogP contribution in [0.5, 0.6) is 0 Å².